The summed E-state index contributed by atoms with van der Waals surface area (Å²) < 4.78 is 5.16. The third-order valence-electron chi connectivity index (χ3n) is 3.24. The van der Waals surface area contributed by atoms with E-state index in [4.69, 9.17) is 4.52 Å². The van der Waals surface area contributed by atoms with E-state index < -0.39 is 0 Å². The largest absolute Gasteiger partial charge is 0.361 e. The number of aryl methyl sites for hydroxylation is 2. The van der Waals surface area contributed by atoms with E-state index in [0.717, 1.165) is 24.5 Å². The quantitative estimate of drug-likeness (QED) is 0.899. The predicted molar refractivity (Wildman–Crippen MR) is 75.0 cm³/mol. The normalized spacial score (nSPS) is 12.0. The van der Waals surface area contributed by atoms with Crippen molar-refractivity contribution in [3.63, 3.8) is 0 Å². The summed E-state index contributed by atoms with van der Waals surface area (Å²) in [6, 6.07) is 4.30. The van der Waals surface area contributed by atoms with E-state index in [2.05, 4.69) is 41.8 Å². The number of nitrogens with zero attached hydrogens (tertiary/aromatic N) is 1. The first kappa shape index (κ1) is 13.3. The molecule has 0 saturated carbocycles. The standard InChI is InChI=1S/C14H20N2OS/c1-10-12(11(2)17-16-10)8-15-9-14(3,4)13-6-5-7-18-13/h5-7,15H,8-9H2,1-4H3. The van der Waals surface area contributed by atoms with E-state index >= 15 is 0 Å². The Bertz CT molecular complexity index is 480. The van der Waals surface area contributed by atoms with Crippen LogP contribution in [0, 0.1) is 13.8 Å². The van der Waals surface area contributed by atoms with Crippen molar-refractivity contribution in [1.29, 1.82) is 0 Å². The van der Waals surface area contributed by atoms with Crippen LogP contribution >= 0.6 is 11.3 Å². The molecule has 0 unspecified atom stereocenters. The number of hydrogen-bond donors (Lipinski definition) is 1. The van der Waals surface area contributed by atoms with Gasteiger partial charge in [-0.15, -0.1) is 11.3 Å². The van der Waals surface area contributed by atoms with E-state index in [1.165, 1.54) is 10.4 Å². The molecule has 0 aliphatic carbocycles. The van der Waals surface area contributed by atoms with Crippen LogP contribution in [0.25, 0.3) is 0 Å². The number of nitrogens with one attached hydrogen (secondary N) is 1. The molecule has 0 fully saturated rings. The molecule has 98 valence electrons. The molecule has 0 radical (unpaired) electrons. The molecular weight excluding hydrogens is 244 g/mol. The first-order valence-corrected chi connectivity index (χ1v) is 7.05. The summed E-state index contributed by atoms with van der Waals surface area (Å²) in [7, 11) is 0. The van der Waals surface area contributed by atoms with Crippen LogP contribution in [0.5, 0.6) is 0 Å². The molecule has 2 rings (SSSR count). The molecule has 0 saturated heterocycles. The molecule has 0 amide bonds. The molecule has 3 nitrogen and oxygen atoms in total. The molecule has 0 aromatic carbocycles. The topological polar surface area (TPSA) is 38.1 Å². The van der Waals surface area contributed by atoms with Crippen molar-refractivity contribution in [1.82, 2.24) is 10.5 Å². The first-order valence-electron chi connectivity index (χ1n) is 6.17. The average Bonchev–Trinajstić information content (AvgIpc) is 2.93. The fourth-order valence-electron chi connectivity index (χ4n) is 2.01. The summed E-state index contributed by atoms with van der Waals surface area (Å²) in [5, 5.41) is 9.60. The van der Waals surface area contributed by atoms with Gasteiger partial charge in [-0.1, -0.05) is 25.1 Å². The van der Waals surface area contributed by atoms with Gasteiger partial charge in [-0.3, -0.25) is 0 Å². The maximum absolute atomic E-state index is 5.16. The minimum Gasteiger partial charge on any atom is -0.361 e. The molecule has 0 aliphatic heterocycles. The van der Waals surface area contributed by atoms with Gasteiger partial charge in [0.1, 0.15) is 5.76 Å². The Labute approximate surface area is 112 Å². The molecule has 2 aromatic rings. The Kier molecular flexibility index (Phi) is 3.88. The summed E-state index contributed by atoms with van der Waals surface area (Å²) in [4.78, 5) is 1.41. The smallest absolute Gasteiger partial charge is 0.138 e. The maximum atomic E-state index is 5.16. The lowest BCUT2D eigenvalue weighted by Crippen LogP contribution is -2.32. The van der Waals surface area contributed by atoms with Crippen molar-refractivity contribution in [2.45, 2.75) is 39.7 Å². The summed E-state index contributed by atoms with van der Waals surface area (Å²) in [5.74, 6) is 0.911. The van der Waals surface area contributed by atoms with Gasteiger partial charge in [-0.05, 0) is 25.3 Å². The van der Waals surface area contributed by atoms with Gasteiger partial charge in [0.25, 0.3) is 0 Å². The van der Waals surface area contributed by atoms with Crippen molar-refractivity contribution in [2.24, 2.45) is 0 Å². The highest BCUT2D eigenvalue weighted by Gasteiger charge is 2.21. The molecule has 2 heterocycles. The minimum absolute atomic E-state index is 0.160. The van der Waals surface area contributed by atoms with Gasteiger partial charge in [0, 0.05) is 28.9 Å². The summed E-state index contributed by atoms with van der Waals surface area (Å²) in [6.07, 6.45) is 0. The van der Waals surface area contributed by atoms with E-state index in [0.29, 0.717) is 0 Å². The predicted octanol–water partition coefficient (Wildman–Crippen LogP) is 3.42. The van der Waals surface area contributed by atoms with Gasteiger partial charge in [-0.25, -0.2) is 0 Å². The number of thiophene rings is 1. The second-order valence-corrected chi connectivity index (χ2v) is 6.22. The third kappa shape index (κ3) is 2.82. The fourth-order valence-corrected chi connectivity index (χ4v) is 2.86. The molecule has 0 atom stereocenters. The second-order valence-electron chi connectivity index (χ2n) is 5.27. The average molecular weight is 264 g/mol. The number of hydrogen-bond acceptors (Lipinski definition) is 4. The highest BCUT2D eigenvalue weighted by Crippen LogP contribution is 2.26. The zero-order valence-corrected chi connectivity index (χ0v) is 12.2. The highest BCUT2D eigenvalue weighted by molar-refractivity contribution is 7.10. The van der Waals surface area contributed by atoms with E-state index in [9.17, 15) is 0 Å². The van der Waals surface area contributed by atoms with Crippen LogP contribution in [0.3, 0.4) is 0 Å². The van der Waals surface area contributed by atoms with Crippen LogP contribution in [-0.4, -0.2) is 11.7 Å². The molecule has 0 aliphatic rings. The number of aromatic nitrogens is 1. The van der Waals surface area contributed by atoms with Crippen molar-refractivity contribution >= 4 is 11.3 Å². The monoisotopic (exact) mass is 264 g/mol. The Morgan fingerprint density at radius 2 is 2.17 bits per heavy atom. The Morgan fingerprint density at radius 3 is 2.72 bits per heavy atom. The van der Waals surface area contributed by atoms with Gasteiger partial charge in [0.05, 0.1) is 5.69 Å². The van der Waals surface area contributed by atoms with Crippen molar-refractivity contribution < 1.29 is 4.52 Å². The first-order chi connectivity index (χ1) is 8.50. The lowest BCUT2D eigenvalue weighted by Gasteiger charge is -2.23. The molecule has 2 aromatic heterocycles. The Morgan fingerprint density at radius 1 is 1.39 bits per heavy atom. The van der Waals surface area contributed by atoms with Crippen molar-refractivity contribution in [3.8, 4) is 0 Å². The van der Waals surface area contributed by atoms with Crippen molar-refractivity contribution in [2.75, 3.05) is 6.54 Å². The van der Waals surface area contributed by atoms with Gasteiger partial charge >= 0.3 is 0 Å². The van der Waals surface area contributed by atoms with Crippen molar-refractivity contribution in [3.05, 3.63) is 39.4 Å². The molecule has 0 spiro atoms. The molecule has 1 N–H and O–H groups in total. The van der Waals surface area contributed by atoms with Crippen LogP contribution in [0.15, 0.2) is 22.0 Å². The van der Waals surface area contributed by atoms with Crippen LogP contribution in [0.4, 0.5) is 0 Å². The summed E-state index contributed by atoms with van der Waals surface area (Å²) in [6.45, 7) is 10.2. The third-order valence-corrected chi connectivity index (χ3v) is 4.47. The lowest BCUT2D eigenvalue weighted by atomic mass is 9.91. The molecule has 18 heavy (non-hydrogen) atoms. The highest BCUT2D eigenvalue weighted by atomic mass is 32.1. The van der Waals surface area contributed by atoms with Gasteiger partial charge in [-0.2, -0.15) is 0 Å². The molecular formula is C14H20N2OS. The number of rotatable bonds is 5. The SMILES string of the molecule is Cc1noc(C)c1CNCC(C)(C)c1cccs1. The summed E-state index contributed by atoms with van der Waals surface area (Å²) in [5.41, 5.74) is 2.32. The van der Waals surface area contributed by atoms with Crippen LogP contribution < -0.4 is 5.32 Å². The maximum Gasteiger partial charge on any atom is 0.138 e. The van der Waals surface area contributed by atoms with Crippen LogP contribution in [0.1, 0.15) is 35.7 Å². The lowest BCUT2D eigenvalue weighted by molar-refractivity contribution is 0.391. The molecule has 4 heteroatoms. The van der Waals surface area contributed by atoms with Gasteiger partial charge in [0.15, 0.2) is 0 Å². The van der Waals surface area contributed by atoms with E-state index in [-0.39, 0.29) is 5.41 Å². The zero-order chi connectivity index (χ0) is 13.2. The Balaban J connectivity index is 1.93. The van der Waals surface area contributed by atoms with Crippen LogP contribution in [0.2, 0.25) is 0 Å². The Hall–Kier alpha value is -1.13. The van der Waals surface area contributed by atoms with Gasteiger partial charge in [0.2, 0.25) is 0 Å². The molecule has 0 bridgehead atoms. The van der Waals surface area contributed by atoms with Gasteiger partial charge < -0.3 is 9.84 Å². The fraction of sp³-hybridized carbons (Fsp3) is 0.500. The van der Waals surface area contributed by atoms with Crippen LogP contribution in [-0.2, 0) is 12.0 Å². The van der Waals surface area contributed by atoms with E-state index in [1.807, 2.05) is 25.2 Å². The van der Waals surface area contributed by atoms with E-state index in [1.54, 1.807) is 0 Å². The minimum atomic E-state index is 0.160. The zero-order valence-electron chi connectivity index (χ0n) is 11.4. The second kappa shape index (κ2) is 5.24. The summed E-state index contributed by atoms with van der Waals surface area (Å²) >= 11 is 1.81.